The lowest BCUT2D eigenvalue weighted by molar-refractivity contribution is -0.133. The average Bonchev–Trinajstić information content (AvgIpc) is 3.44. The van der Waals surface area contributed by atoms with Crippen LogP contribution in [0.15, 0.2) is 58.4 Å². The molecule has 42 heavy (non-hydrogen) atoms. The maximum Gasteiger partial charge on any atom is 0.338 e. The zero-order valence-corrected chi connectivity index (χ0v) is 24.5. The highest BCUT2D eigenvalue weighted by Gasteiger charge is 2.56. The standard InChI is InChI=1S/C30H29N3O7S2/c1-2-40-29(38)18-6-10-19(11-7-18)33-26(36)23-22(17-8-12-20(34)13-9-17)25-28(41-24(23)27(33)37)32(30(39)42-25)16-21(35)31-14-4-3-5-15-31/h6-13,22-24,34H,2-5,14-16H2,1H3/t22-,23+,24-/m0/s1. The second kappa shape index (κ2) is 11.4. The number of carbonyl (C=O) groups is 4. The number of phenolic OH excluding ortho intramolecular Hbond substituents is 1. The highest BCUT2D eigenvalue weighted by molar-refractivity contribution is 8.00. The number of benzene rings is 2. The Hall–Kier alpha value is -3.90. The zero-order valence-electron chi connectivity index (χ0n) is 22.9. The lowest BCUT2D eigenvalue weighted by Crippen LogP contribution is -2.39. The summed E-state index contributed by atoms with van der Waals surface area (Å²) < 4.78 is 6.48. The first kappa shape index (κ1) is 28.2. The molecule has 3 aliphatic heterocycles. The molecule has 2 fully saturated rings. The minimum atomic E-state index is -0.834. The van der Waals surface area contributed by atoms with Crippen molar-refractivity contribution in [1.82, 2.24) is 9.47 Å². The maximum atomic E-state index is 14.0. The molecule has 0 unspecified atom stereocenters. The Bertz CT molecular complexity index is 1610. The molecule has 0 bridgehead atoms. The highest BCUT2D eigenvalue weighted by Crippen LogP contribution is 2.54. The van der Waals surface area contributed by atoms with Gasteiger partial charge in [0.15, 0.2) is 0 Å². The van der Waals surface area contributed by atoms with Gasteiger partial charge in [0.25, 0.3) is 0 Å². The lowest BCUT2D eigenvalue weighted by atomic mass is 9.83. The Morgan fingerprint density at radius 1 is 0.952 bits per heavy atom. The molecule has 3 aliphatic rings. The third-order valence-electron chi connectivity index (χ3n) is 7.94. The van der Waals surface area contributed by atoms with Gasteiger partial charge in [-0.05, 0) is 68.1 Å². The van der Waals surface area contributed by atoms with Gasteiger partial charge in [0.2, 0.25) is 17.7 Å². The third kappa shape index (κ3) is 4.92. The van der Waals surface area contributed by atoms with E-state index in [1.807, 2.05) is 0 Å². The van der Waals surface area contributed by atoms with Crippen LogP contribution >= 0.6 is 23.1 Å². The van der Waals surface area contributed by atoms with E-state index in [0.29, 0.717) is 39.8 Å². The molecule has 1 N–H and O–H groups in total. The summed E-state index contributed by atoms with van der Waals surface area (Å²) in [6.45, 7) is 3.12. The predicted molar refractivity (Wildman–Crippen MR) is 157 cm³/mol. The number of esters is 1. The van der Waals surface area contributed by atoms with Crippen LogP contribution in [0.3, 0.4) is 0 Å². The molecule has 0 spiro atoms. The number of amides is 3. The van der Waals surface area contributed by atoms with E-state index in [1.54, 1.807) is 36.1 Å². The van der Waals surface area contributed by atoms with Crippen molar-refractivity contribution in [1.29, 1.82) is 0 Å². The quantitative estimate of drug-likeness (QED) is 0.333. The number of anilines is 1. The van der Waals surface area contributed by atoms with Crippen molar-refractivity contribution in [3.8, 4) is 5.75 Å². The van der Waals surface area contributed by atoms with Crippen molar-refractivity contribution in [3.05, 3.63) is 74.2 Å². The second-order valence-electron chi connectivity index (χ2n) is 10.5. The summed E-state index contributed by atoms with van der Waals surface area (Å²) in [6, 6.07) is 12.5. The van der Waals surface area contributed by atoms with E-state index in [4.69, 9.17) is 4.74 Å². The molecule has 0 aliphatic carbocycles. The lowest BCUT2D eigenvalue weighted by Gasteiger charge is -2.31. The Morgan fingerprint density at radius 3 is 2.31 bits per heavy atom. The van der Waals surface area contributed by atoms with E-state index in [2.05, 4.69) is 0 Å². The number of rotatable bonds is 6. The fraction of sp³-hybridized carbons (Fsp3) is 0.367. The number of thioether (sulfide) groups is 1. The number of aromatic nitrogens is 1. The number of hydrogen-bond acceptors (Lipinski definition) is 9. The first-order valence-electron chi connectivity index (χ1n) is 13.9. The molecule has 3 aromatic rings. The van der Waals surface area contributed by atoms with Gasteiger partial charge in [-0.25, -0.2) is 9.69 Å². The van der Waals surface area contributed by atoms with Crippen LogP contribution in [0.1, 0.15) is 52.9 Å². The molecule has 4 heterocycles. The molecule has 10 nitrogen and oxygen atoms in total. The van der Waals surface area contributed by atoms with Crippen LogP contribution in [0, 0.1) is 5.92 Å². The summed E-state index contributed by atoms with van der Waals surface area (Å²) in [7, 11) is 0. The Balaban J connectivity index is 1.38. The van der Waals surface area contributed by atoms with E-state index in [-0.39, 0.29) is 29.7 Å². The monoisotopic (exact) mass is 607 g/mol. The van der Waals surface area contributed by atoms with Gasteiger partial charge in [0.1, 0.15) is 17.5 Å². The van der Waals surface area contributed by atoms with Crippen molar-refractivity contribution < 1.29 is 29.0 Å². The first-order valence-corrected chi connectivity index (χ1v) is 15.6. The van der Waals surface area contributed by atoms with Crippen LogP contribution in [-0.2, 0) is 25.7 Å². The Morgan fingerprint density at radius 2 is 1.64 bits per heavy atom. The van der Waals surface area contributed by atoms with Gasteiger partial charge in [-0.2, -0.15) is 0 Å². The summed E-state index contributed by atoms with van der Waals surface area (Å²) in [6.07, 6.45) is 2.93. The van der Waals surface area contributed by atoms with Gasteiger partial charge in [0, 0.05) is 23.9 Å². The molecule has 1 aromatic heterocycles. The van der Waals surface area contributed by atoms with Gasteiger partial charge in [-0.1, -0.05) is 35.2 Å². The van der Waals surface area contributed by atoms with Crippen molar-refractivity contribution >= 4 is 52.5 Å². The number of piperidine rings is 1. The van der Waals surface area contributed by atoms with Crippen LogP contribution in [-0.4, -0.2) is 63.2 Å². The normalized spacial score (nSPS) is 21.7. The van der Waals surface area contributed by atoms with Gasteiger partial charge < -0.3 is 14.7 Å². The van der Waals surface area contributed by atoms with E-state index in [1.165, 1.54) is 28.8 Å². The number of phenols is 1. The summed E-state index contributed by atoms with van der Waals surface area (Å²) in [4.78, 5) is 69.7. The van der Waals surface area contributed by atoms with E-state index < -0.39 is 34.9 Å². The number of imide groups is 1. The fourth-order valence-corrected chi connectivity index (χ4v) is 8.66. The summed E-state index contributed by atoms with van der Waals surface area (Å²) in [5.41, 5.74) is 1.32. The molecule has 12 heteroatoms. The fourth-order valence-electron chi connectivity index (χ4n) is 5.89. The molecule has 2 aromatic carbocycles. The minimum absolute atomic E-state index is 0.0516. The summed E-state index contributed by atoms with van der Waals surface area (Å²) in [5.74, 6) is -2.87. The molecule has 3 amide bonds. The molecule has 218 valence electrons. The average molecular weight is 608 g/mol. The molecule has 0 saturated carbocycles. The smallest absolute Gasteiger partial charge is 0.338 e. The predicted octanol–water partition coefficient (Wildman–Crippen LogP) is 3.60. The Kier molecular flexibility index (Phi) is 7.67. The van der Waals surface area contributed by atoms with Crippen molar-refractivity contribution in [2.75, 3.05) is 24.6 Å². The molecular weight excluding hydrogens is 578 g/mol. The number of aromatic hydroxyl groups is 1. The number of fused-ring (bicyclic) bond motifs is 2. The van der Waals surface area contributed by atoms with Gasteiger partial charge >= 0.3 is 10.8 Å². The second-order valence-corrected chi connectivity index (χ2v) is 12.6. The number of thiazole rings is 1. The van der Waals surface area contributed by atoms with Crippen LogP contribution in [0.2, 0.25) is 0 Å². The highest BCUT2D eigenvalue weighted by atomic mass is 32.2. The van der Waals surface area contributed by atoms with Crippen molar-refractivity contribution in [2.45, 2.75) is 48.9 Å². The topological polar surface area (TPSA) is 126 Å². The summed E-state index contributed by atoms with van der Waals surface area (Å²) >= 11 is 2.15. The summed E-state index contributed by atoms with van der Waals surface area (Å²) in [5, 5.41) is 9.62. The van der Waals surface area contributed by atoms with E-state index in [0.717, 1.165) is 47.3 Å². The number of ether oxygens (including phenoxy) is 1. The van der Waals surface area contributed by atoms with E-state index in [9.17, 15) is 29.1 Å². The molecule has 0 radical (unpaired) electrons. The van der Waals surface area contributed by atoms with Crippen molar-refractivity contribution in [3.63, 3.8) is 0 Å². The zero-order chi connectivity index (χ0) is 29.5. The largest absolute Gasteiger partial charge is 0.508 e. The van der Waals surface area contributed by atoms with Crippen molar-refractivity contribution in [2.24, 2.45) is 5.92 Å². The first-order chi connectivity index (χ1) is 20.3. The van der Waals surface area contributed by atoms with Crippen LogP contribution in [0.25, 0.3) is 0 Å². The number of nitrogens with zero attached hydrogens (tertiary/aromatic N) is 3. The molecule has 3 atom stereocenters. The molecule has 6 rings (SSSR count). The van der Waals surface area contributed by atoms with Gasteiger partial charge in [-0.3, -0.25) is 23.7 Å². The molecule has 2 saturated heterocycles. The van der Waals surface area contributed by atoms with E-state index >= 15 is 0 Å². The minimum Gasteiger partial charge on any atom is -0.508 e. The maximum absolute atomic E-state index is 14.0. The number of hydrogen-bond donors (Lipinski definition) is 1. The van der Waals surface area contributed by atoms with Crippen LogP contribution in [0.4, 0.5) is 5.69 Å². The van der Waals surface area contributed by atoms with Crippen LogP contribution in [0.5, 0.6) is 5.75 Å². The van der Waals surface area contributed by atoms with Gasteiger partial charge in [0.05, 0.1) is 28.8 Å². The van der Waals surface area contributed by atoms with Gasteiger partial charge in [-0.15, -0.1) is 0 Å². The number of likely N-dealkylation sites (tertiary alicyclic amines) is 1. The molecular formula is C30H29N3O7S2. The SMILES string of the molecule is CCOC(=O)c1ccc(N2C(=O)[C@@H]3[C@H](c4ccc(O)cc4)c4sc(=O)n(CC(=O)N5CCCCC5)c4S[C@@H]3C2=O)cc1. The third-order valence-corrected chi connectivity index (χ3v) is 10.5. The number of carbonyl (C=O) groups excluding carboxylic acids is 4. The Labute approximate surface area is 249 Å². The van der Waals surface area contributed by atoms with Crippen LogP contribution < -0.4 is 9.77 Å².